The second-order valence-electron chi connectivity index (χ2n) is 6.94. The number of benzene rings is 2. The maximum atomic E-state index is 12.3. The summed E-state index contributed by atoms with van der Waals surface area (Å²) in [6, 6.07) is 14.9. The van der Waals surface area contributed by atoms with E-state index in [0.717, 1.165) is 11.3 Å². The highest BCUT2D eigenvalue weighted by molar-refractivity contribution is 6.02. The Bertz CT molecular complexity index is 873. The number of nitrogens with one attached hydrogen (secondary N) is 1. The van der Waals surface area contributed by atoms with E-state index in [4.69, 9.17) is 10.2 Å². The van der Waals surface area contributed by atoms with Gasteiger partial charge in [-0.05, 0) is 47.4 Å². The zero-order valence-corrected chi connectivity index (χ0v) is 14.5. The monoisotopic (exact) mass is 335 g/mol. The van der Waals surface area contributed by atoms with E-state index >= 15 is 0 Å². The molecule has 3 rings (SSSR count). The van der Waals surface area contributed by atoms with Gasteiger partial charge in [-0.1, -0.05) is 32.9 Å². The molecule has 0 radical (unpaired) electrons. The molecule has 1 heterocycles. The molecule has 5 heteroatoms. The fourth-order valence-corrected chi connectivity index (χ4v) is 2.39. The highest BCUT2D eigenvalue weighted by Crippen LogP contribution is 2.24. The largest absolute Gasteiger partial charge is 0.444 e. The molecular weight excluding hydrogens is 314 g/mol. The fourth-order valence-electron chi connectivity index (χ4n) is 2.39. The lowest BCUT2D eigenvalue weighted by Crippen LogP contribution is -2.14. The lowest BCUT2D eigenvalue weighted by Gasteiger charge is -2.19. The Labute approximate surface area is 146 Å². The van der Waals surface area contributed by atoms with Gasteiger partial charge in [-0.25, -0.2) is 4.98 Å². The standard InChI is InChI=1S/C20H21N3O2/c1-20(2,3)14-6-10-16(11-7-14)22-18(24)17-12-25-19(23-17)13-4-8-15(21)9-5-13/h4-12H,21H2,1-3H3,(H,22,24). The maximum Gasteiger partial charge on any atom is 0.277 e. The lowest BCUT2D eigenvalue weighted by atomic mass is 9.87. The Hall–Kier alpha value is -3.08. The SMILES string of the molecule is CC(C)(C)c1ccc(NC(=O)c2coc(-c3ccc(N)cc3)n2)cc1. The summed E-state index contributed by atoms with van der Waals surface area (Å²) >= 11 is 0. The molecule has 0 unspecified atom stereocenters. The number of hydrogen-bond acceptors (Lipinski definition) is 4. The molecule has 2 aromatic carbocycles. The molecule has 3 aromatic rings. The first-order chi connectivity index (χ1) is 11.8. The van der Waals surface area contributed by atoms with E-state index in [1.807, 2.05) is 24.3 Å². The van der Waals surface area contributed by atoms with Crippen LogP contribution >= 0.6 is 0 Å². The van der Waals surface area contributed by atoms with Gasteiger partial charge in [-0.2, -0.15) is 0 Å². The van der Waals surface area contributed by atoms with Gasteiger partial charge in [0.15, 0.2) is 5.69 Å². The smallest absolute Gasteiger partial charge is 0.277 e. The number of oxazole rings is 1. The van der Waals surface area contributed by atoms with Crippen molar-refractivity contribution in [3.63, 3.8) is 0 Å². The van der Waals surface area contributed by atoms with Crippen LogP contribution in [0.2, 0.25) is 0 Å². The van der Waals surface area contributed by atoms with Crippen molar-refractivity contribution in [2.45, 2.75) is 26.2 Å². The Morgan fingerprint density at radius 2 is 1.68 bits per heavy atom. The normalized spacial score (nSPS) is 11.3. The number of amides is 1. The maximum absolute atomic E-state index is 12.3. The van der Waals surface area contributed by atoms with Crippen LogP contribution in [0, 0.1) is 0 Å². The van der Waals surface area contributed by atoms with Crippen molar-refractivity contribution in [3.05, 3.63) is 66.1 Å². The van der Waals surface area contributed by atoms with Crippen LogP contribution in [0.25, 0.3) is 11.5 Å². The predicted octanol–water partition coefficient (Wildman–Crippen LogP) is 4.47. The van der Waals surface area contributed by atoms with Crippen LogP contribution in [0.4, 0.5) is 11.4 Å². The molecule has 25 heavy (non-hydrogen) atoms. The minimum absolute atomic E-state index is 0.0721. The average Bonchev–Trinajstić information content (AvgIpc) is 3.05. The number of hydrogen-bond donors (Lipinski definition) is 2. The van der Waals surface area contributed by atoms with Crippen molar-refractivity contribution in [2.75, 3.05) is 11.1 Å². The predicted molar refractivity (Wildman–Crippen MR) is 99.4 cm³/mol. The minimum atomic E-state index is -0.311. The molecule has 0 atom stereocenters. The molecule has 0 bridgehead atoms. The number of nitrogens with zero attached hydrogens (tertiary/aromatic N) is 1. The summed E-state index contributed by atoms with van der Waals surface area (Å²) in [4.78, 5) is 16.6. The molecule has 0 aliphatic heterocycles. The van der Waals surface area contributed by atoms with Crippen molar-refractivity contribution >= 4 is 17.3 Å². The van der Waals surface area contributed by atoms with Gasteiger partial charge in [0, 0.05) is 16.9 Å². The lowest BCUT2D eigenvalue weighted by molar-refractivity contribution is 0.102. The zero-order valence-electron chi connectivity index (χ0n) is 14.5. The van der Waals surface area contributed by atoms with Crippen LogP contribution < -0.4 is 11.1 Å². The molecule has 0 aliphatic rings. The quantitative estimate of drug-likeness (QED) is 0.692. The Kier molecular flexibility index (Phi) is 4.31. The van der Waals surface area contributed by atoms with Crippen LogP contribution in [0.1, 0.15) is 36.8 Å². The molecule has 0 aliphatic carbocycles. The van der Waals surface area contributed by atoms with E-state index in [0.29, 0.717) is 11.6 Å². The van der Waals surface area contributed by atoms with Crippen molar-refractivity contribution in [1.29, 1.82) is 0 Å². The van der Waals surface area contributed by atoms with E-state index in [1.54, 1.807) is 24.3 Å². The third-order valence-electron chi connectivity index (χ3n) is 3.90. The van der Waals surface area contributed by atoms with Crippen LogP contribution in [-0.2, 0) is 5.41 Å². The molecule has 0 fully saturated rings. The summed E-state index contributed by atoms with van der Waals surface area (Å²) in [6.45, 7) is 6.44. The number of aromatic nitrogens is 1. The van der Waals surface area contributed by atoms with E-state index in [2.05, 4.69) is 31.1 Å². The van der Waals surface area contributed by atoms with Crippen LogP contribution in [0.3, 0.4) is 0 Å². The molecule has 0 spiro atoms. The third kappa shape index (κ3) is 3.88. The summed E-state index contributed by atoms with van der Waals surface area (Å²) in [6.07, 6.45) is 1.35. The molecule has 1 amide bonds. The van der Waals surface area contributed by atoms with Gasteiger partial charge < -0.3 is 15.5 Å². The van der Waals surface area contributed by atoms with Crippen LogP contribution in [0.5, 0.6) is 0 Å². The van der Waals surface area contributed by atoms with Gasteiger partial charge in [0.05, 0.1) is 0 Å². The van der Waals surface area contributed by atoms with Gasteiger partial charge in [0.25, 0.3) is 5.91 Å². The first kappa shape index (κ1) is 16.8. The second kappa shape index (κ2) is 6.43. The highest BCUT2D eigenvalue weighted by Gasteiger charge is 2.15. The van der Waals surface area contributed by atoms with Gasteiger partial charge in [-0.3, -0.25) is 4.79 Å². The Morgan fingerprint density at radius 3 is 2.28 bits per heavy atom. The highest BCUT2D eigenvalue weighted by atomic mass is 16.3. The summed E-state index contributed by atoms with van der Waals surface area (Å²) in [7, 11) is 0. The molecule has 128 valence electrons. The van der Waals surface area contributed by atoms with Gasteiger partial charge >= 0.3 is 0 Å². The van der Waals surface area contributed by atoms with Crippen molar-refractivity contribution in [3.8, 4) is 11.5 Å². The summed E-state index contributed by atoms with van der Waals surface area (Å²) in [5.74, 6) is 0.0715. The van der Waals surface area contributed by atoms with Crippen molar-refractivity contribution in [2.24, 2.45) is 0 Å². The van der Waals surface area contributed by atoms with Crippen molar-refractivity contribution in [1.82, 2.24) is 4.98 Å². The summed E-state index contributed by atoms with van der Waals surface area (Å²) in [5.41, 5.74) is 9.32. The van der Waals surface area contributed by atoms with E-state index < -0.39 is 0 Å². The van der Waals surface area contributed by atoms with E-state index in [1.165, 1.54) is 11.8 Å². The topological polar surface area (TPSA) is 81.2 Å². The van der Waals surface area contributed by atoms with Crippen LogP contribution in [-0.4, -0.2) is 10.9 Å². The second-order valence-corrected chi connectivity index (χ2v) is 6.94. The first-order valence-corrected chi connectivity index (χ1v) is 8.06. The number of rotatable bonds is 3. The molecule has 1 aromatic heterocycles. The molecule has 0 saturated heterocycles. The third-order valence-corrected chi connectivity index (χ3v) is 3.90. The summed E-state index contributed by atoms with van der Waals surface area (Å²) in [5, 5.41) is 2.83. The number of nitrogen functional groups attached to an aromatic ring is 1. The Balaban J connectivity index is 1.72. The van der Waals surface area contributed by atoms with E-state index in [9.17, 15) is 4.79 Å². The number of nitrogens with two attached hydrogens (primary N) is 1. The molecule has 3 N–H and O–H groups in total. The van der Waals surface area contributed by atoms with Gasteiger partial charge in [0.2, 0.25) is 5.89 Å². The molecule has 5 nitrogen and oxygen atoms in total. The van der Waals surface area contributed by atoms with Gasteiger partial charge in [-0.15, -0.1) is 0 Å². The molecular formula is C20H21N3O2. The van der Waals surface area contributed by atoms with E-state index in [-0.39, 0.29) is 17.0 Å². The number of anilines is 2. The fraction of sp³-hybridized carbons (Fsp3) is 0.200. The number of carbonyl (C=O) groups excluding carboxylic acids is 1. The van der Waals surface area contributed by atoms with Crippen LogP contribution in [0.15, 0.2) is 59.2 Å². The first-order valence-electron chi connectivity index (χ1n) is 8.06. The molecule has 0 saturated carbocycles. The Morgan fingerprint density at radius 1 is 1.04 bits per heavy atom. The summed E-state index contributed by atoms with van der Waals surface area (Å²) < 4.78 is 5.40. The number of carbonyl (C=O) groups is 1. The minimum Gasteiger partial charge on any atom is -0.444 e. The van der Waals surface area contributed by atoms with Crippen molar-refractivity contribution < 1.29 is 9.21 Å². The zero-order chi connectivity index (χ0) is 18.0. The van der Waals surface area contributed by atoms with Gasteiger partial charge in [0.1, 0.15) is 6.26 Å². The average molecular weight is 335 g/mol.